The van der Waals surface area contributed by atoms with Gasteiger partial charge in [-0.2, -0.15) is 0 Å². The molecular formula is C13H20O6. The Morgan fingerprint density at radius 2 is 1.53 bits per heavy atom. The third-order valence-electron chi connectivity index (χ3n) is 2.25. The van der Waals surface area contributed by atoms with E-state index >= 15 is 0 Å². The van der Waals surface area contributed by atoms with E-state index in [4.69, 9.17) is 14.6 Å². The van der Waals surface area contributed by atoms with E-state index in [1.807, 2.05) is 0 Å². The number of carbonyl (C=O) groups excluding carboxylic acids is 2. The number of rotatable bonds is 7. The smallest absolute Gasteiger partial charge is 0.336 e. The quantitative estimate of drug-likeness (QED) is 0.402. The molecule has 6 heteroatoms. The number of hydrogen-bond acceptors (Lipinski definition) is 6. The molecule has 0 rings (SSSR count). The van der Waals surface area contributed by atoms with Crippen molar-refractivity contribution in [3.05, 3.63) is 24.3 Å². The van der Waals surface area contributed by atoms with E-state index in [9.17, 15) is 14.7 Å². The lowest BCUT2D eigenvalue weighted by atomic mass is 10.0. The Labute approximate surface area is 112 Å². The van der Waals surface area contributed by atoms with Crippen LogP contribution in [0.5, 0.6) is 0 Å². The van der Waals surface area contributed by atoms with E-state index < -0.39 is 23.8 Å². The molecule has 0 spiro atoms. The highest BCUT2D eigenvalue weighted by atomic mass is 16.7. The van der Waals surface area contributed by atoms with Gasteiger partial charge in [-0.05, 0) is 20.8 Å². The largest absolute Gasteiger partial charge is 0.419 e. The van der Waals surface area contributed by atoms with Gasteiger partial charge in [0.15, 0.2) is 0 Å². The first-order valence-electron chi connectivity index (χ1n) is 5.68. The number of aliphatic hydroxyl groups is 2. The second kappa shape index (κ2) is 7.06. The Kier molecular flexibility index (Phi) is 6.44. The average molecular weight is 272 g/mol. The molecule has 0 aromatic heterocycles. The Hall–Kier alpha value is -1.66. The first-order valence-corrected chi connectivity index (χ1v) is 5.68. The molecule has 0 saturated heterocycles. The molecule has 0 aliphatic rings. The fraction of sp³-hybridized carbons (Fsp3) is 0.538. The fourth-order valence-corrected chi connectivity index (χ4v) is 1.02. The van der Waals surface area contributed by atoms with Gasteiger partial charge in [-0.25, -0.2) is 9.59 Å². The molecule has 108 valence electrons. The molecule has 19 heavy (non-hydrogen) atoms. The van der Waals surface area contributed by atoms with Crippen LogP contribution in [-0.2, 0) is 19.1 Å². The molecule has 0 heterocycles. The molecule has 2 N–H and O–H groups in total. The van der Waals surface area contributed by atoms with Crippen molar-refractivity contribution in [3.63, 3.8) is 0 Å². The van der Waals surface area contributed by atoms with E-state index in [-0.39, 0.29) is 24.2 Å². The van der Waals surface area contributed by atoms with E-state index in [0.717, 1.165) is 0 Å². The highest BCUT2D eigenvalue weighted by molar-refractivity contribution is 5.88. The van der Waals surface area contributed by atoms with Crippen LogP contribution in [0.15, 0.2) is 24.3 Å². The molecule has 0 radical (unpaired) electrons. The topological polar surface area (TPSA) is 93.1 Å². The maximum Gasteiger partial charge on any atom is 0.336 e. The zero-order valence-electron chi connectivity index (χ0n) is 11.4. The van der Waals surface area contributed by atoms with Crippen LogP contribution in [0.3, 0.4) is 0 Å². The normalized spacial score (nSPS) is 13.6. The molecule has 1 unspecified atom stereocenters. The van der Waals surface area contributed by atoms with Gasteiger partial charge in [0.2, 0.25) is 0 Å². The van der Waals surface area contributed by atoms with Gasteiger partial charge in [0.1, 0.15) is 5.60 Å². The van der Waals surface area contributed by atoms with Gasteiger partial charge in [0.25, 0.3) is 6.29 Å². The molecule has 0 fully saturated rings. The van der Waals surface area contributed by atoms with Crippen LogP contribution in [0, 0.1) is 0 Å². The summed E-state index contributed by atoms with van der Waals surface area (Å²) in [6, 6.07) is 0. The van der Waals surface area contributed by atoms with Crippen LogP contribution in [-0.4, -0.2) is 40.6 Å². The van der Waals surface area contributed by atoms with Gasteiger partial charge in [0.05, 0.1) is 0 Å². The lowest BCUT2D eigenvalue weighted by Gasteiger charge is -2.31. The summed E-state index contributed by atoms with van der Waals surface area (Å²) < 4.78 is 9.73. The van der Waals surface area contributed by atoms with E-state index in [2.05, 4.69) is 13.2 Å². The van der Waals surface area contributed by atoms with Gasteiger partial charge >= 0.3 is 11.9 Å². The van der Waals surface area contributed by atoms with Crippen molar-refractivity contribution < 1.29 is 29.3 Å². The summed E-state index contributed by atoms with van der Waals surface area (Å²) in [6.07, 6.45) is -1.68. The monoisotopic (exact) mass is 272 g/mol. The van der Waals surface area contributed by atoms with Crippen molar-refractivity contribution in [2.24, 2.45) is 0 Å². The maximum atomic E-state index is 11.4. The highest BCUT2D eigenvalue weighted by Crippen LogP contribution is 2.21. The summed E-state index contributed by atoms with van der Waals surface area (Å²) in [5, 5.41) is 18.9. The second-order valence-corrected chi connectivity index (χ2v) is 4.53. The third-order valence-corrected chi connectivity index (χ3v) is 2.25. The summed E-state index contributed by atoms with van der Waals surface area (Å²) in [5.41, 5.74) is -1.53. The lowest BCUT2D eigenvalue weighted by Crippen LogP contribution is -2.46. The molecule has 1 atom stereocenters. The lowest BCUT2D eigenvalue weighted by molar-refractivity contribution is -0.226. The first-order chi connectivity index (χ1) is 8.61. The fourth-order valence-electron chi connectivity index (χ4n) is 1.02. The van der Waals surface area contributed by atoms with Crippen LogP contribution in [0.4, 0.5) is 0 Å². The number of aliphatic hydroxyl groups excluding tert-OH is 1. The van der Waals surface area contributed by atoms with Crippen LogP contribution in [0.2, 0.25) is 0 Å². The molecule has 0 bridgehead atoms. The van der Waals surface area contributed by atoms with Crippen LogP contribution in [0.1, 0.15) is 27.2 Å². The first kappa shape index (κ1) is 17.3. The van der Waals surface area contributed by atoms with E-state index in [1.54, 1.807) is 0 Å². The van der Waals surface area contributed by atoms with Gasteiger partial charge in [-0.15, -0.1) is 0 Å². The van der Waals surface area contributed by atoms with Gasteiger partial charge < -0.3 is 19.7 Å². The van der Waals surface area contributed by atoms with Gasteiger partial charge in [-0.3, -0.25) is 0 Å². The van der Waals surface area contributed by atoms with Crippen LogP contribution < -0.4 is 0 Å². The third kappa shape index (κ3) is 5.67. The molecule has 6 nitrogen and oxygen atoms in total. The standard InChI is InChI=1S/C13H20O6/c1-8(2)10(15)18-12(13(5,17)6-7-14)19-11(16)9(3)4/h12,14,17H,1,3,6-7H2,2,4-5H3. The Bertz CT molecular complexity index is 355. The predicted octanol–water partition coefficient (Wildman–Crippen LogP) is 0.684. The Balaban J connectivity index is 5.03. The maximum absolute atomic E-state index is 11.4. The molecular weight excluding hydrogens is 252 g/mol. The number of ether oxygens (including phenoxy) is 2. The zero-order chi connectivity index (χ0) is 15.2. The van der Waals surface area contributed by atoms with Crippen molar-refractivity contribution >= 4 is 11.9 Å². The molecule has 0 aliphatic carbocycles. The minimum Gasteiger partial charge on any atom is -0.419 e. The van der Waals surface area contributed by atoms with Crippen molar-refractivity contribution in [3.8, 4) is 0 Å². The van der Waals surface area contributed by atoms with Crippen molar-refractivity contribution in [1.29, 1.82) is 0 Å². The van der Waals surface area contributed by atoms with Crippen LogP contribution >= 0.6 is 0 Å². The molecule has 0 saturated carbocycles. The molecule has 0 aliphatic heterocycles. The Morgan fingerprint density at radius 3 is 1.79 bits per heavy atom. The molecule has 0 aromatic carbocycles. The summed E-state index contributed by atoms with van der Waals surface area (Å²) in [7, 11) is 0. The molecule has 0 amide bonds. The van der Waals surface area contributed by atoms with E-state index in [1.165, 1.54) is 20.8 Å². The zero-order valence-corrected chi connectivity index (χ0v) is 11.4. The number of hydrogen-bond donors (Lipinski definition) is 2. The number of carbonyl (C=O) groups is 2. The number of esters is 2. The summed E-state index contributed by atoms with van der Waals surface area (Å²) >= 11 is 0. The van der Waals surface area contributed by atoms with Crippen molar-refractivity contribution in [1.82, 2.24) is 0 Å². The van der Waals surface area contributed by atoms with Gasteiger partial charge in [0, 0.05) is 24.2 Å². The van der Waals surface area contributed by atoms with E-state index in [0.29, 0.717) is 0 Å². The van der Waals surface area contributed by atoms with Crippen molar-refractivity contribution in [2.75, 3.05) is 6.61 Å². The highest BCUT2D eigenvalue weighted by Gasteiger charge is 2.38. The SMILES string of the molecule is C=C(C)C(=O)OC(OC(=O)C(=C)C)C(C)(O)CCO. The summed E-state index contributed by atoms with van der Waals surface area (Å²) in [4.78, 5) is 22.9. The second-order valence-electron chi connectivity index (χ2n) is 4.53. The molecule has 0 aromatic rings. The predicted molar refractivity (Wildman–Crippen MR) is 67.9 cm³/mol. The average Bonchev–Trinajstić information content (AvgIpc) is 2.27. The van der Waals surface area contributed by atoms with Crippen LogP contribution in [0.25, 0.3) is 0 Å². The van der Waals surface area contributed by atoms with Gasteiger partial charge in [-0.1, -0.05) is 13.2 Å². The minimum absolute atomic E-state index is 0.0937. The minimum atomic E-state index is -1.72. The Morgan fingerprint density at radius 1 is 1.16 bits per heavy atom. The van der Waals surface area contributed by atoms with Crippen molar-refractivity contribution in [2.45, 2.75) is 39.1 Å². The summed E-state index contributed by atoms with van der Waals surface area (Å²) in [6.45, 7) is 10.5. The summed E-state index contributed by atoms with van der Waals surface area (Å²) in [5.74, 6) is -1.62.